The second kappa shape index (κ2) is 7.29. The van der Waals surface area contributed by atoms with E-state index in [1.165, 1.54) is 0 Å². The lowest BCUT2D eigenvalue weighted by molar-refractivity contribution is 0.134. The predicted molar refractivity (Wildman–Crippen MR) is 93.9 cm³/mol. The minimum absolute atomic E-state index is 0.0607. The number of halogens is 1. The van der Waals surface area contributed by atoms with Gasteiger partial charge in [0, 0.05) is 43.8 Å². The summed E-state index contributed by atoms with van der Waals surface area (Å²) in [6, 6.07) is 7.38. The molecule has 0 saturated carbocycles. The smallest absolute Gasteiger partial charge is 0.317 e. The van der Waals surface area contributed by atoms with Crippen molar-refractivity contribution >= 4 is 27.5 Å². The summed E-state index contributed by atoms with van der Waals surface area (Å²) in [7, 11) is -2.97. The number of carbonyl (C=O) groups excluding carboxylic acids is 1. The first-order chi connectivity index (χ1) is 11.4. The van der Waals surface area contributed by atoms with Crippen LogP contribution in [-0.2, 0) is 16.4 Å². The predicted octanol–water partition coefficient (Wildman–Crippen LogP) is 1.35. The molecule has 6 nitrogen and oxygen atoms in total. The van der Waals surface area contributed by atoms with E-state index >= 15 is 0 Å². The first-order valence-corrected chi connectivity index (χ1v) is 10.3. The lowest BCUT2D eigenvalue weighted by Gasteiger charge is -2.35. The summed E-state index contributed by atoms with van der Waals surface area (Å²) in [5.41, 5.74) is 1.09. The van der Waals surface area contributed by atoms with E-state index in [2.05, 4.69) is 10.2 Å². The van der Waals surface area contributed by atoms with Crippen molar-refractivity contribution in [1.29, 1.82) is 0 Å². The van der Waals surface area contributed by atoms with Crippen molar-refractivity contribution in [1.82, 2.24) is 15.1 Å². The van der Waals surface area contributed by atoms with Gasteiger partial charge in [-0.3, -0.25) is 4.90 Å². The van der Waals surface area contributed by atoms with Crippen LogP contribution in [-0.4, -0.2) is 68.0 Å². The van der Waals surface area contributed by atoms with E-state index in [0.29, 0.717) is 19.5 Å². The fraction of sp³-hybridized carbons (Fsp3) is 0.562. The lowest BCUT2D eigenvalue weighted by atomic mass is 10.2. The average Bonchev–Trinajstić information content (AvgIpc) is 2.89. The van der Waals surface area contributed by atoms with E-state index in [1.807, 2.05) is 24.3 Å². The number of rotatable bonds is 3. The van der Waals surface area contributed by atoms with Crippen molar-refractivity contribution < 1.29 is 13.2 Å². The Morgan fingerprint density at radius 1 is 1.21 bits per heavy atom. The fourth-order valence-corrected chi connectivity index (χ4v) is 5.02. The molecule has 24 heavy (non-hydrogen) atoms. The Morgan fingerprint density at radius 3 is 2.54 bits per heavy atom. The van der Waals surface area contributed by atoms with Crippen LogP contribution in [0.5, 0.6) is 0 Å². The highest BCUT2D eigenvalue weighted by Crippen LogP contribution is 2.18. The number of urea groups is 1. The van der Waals surface area contributed by atoms with Gasteiger partial charge in [-0.15, -0.1) is 0 Å². The molecule has 0 aromatic heterocycles. The number of piperazine rings is 1. The summed E-state index contributed by atoms with van der Waals surface area (Å²) in [6.45, 7) is 3.60. The number of carbonyl (C=O) groups is 1. The van der Waals surface area contributed by atoms with Gasteiger partial charge in [-0.05, 0) is 18.1 Å². The molecule has 1 atom stereocenters. The highest BCUT2D eigenvalue weighted by Gasteiger charge is 2.30. The van der Waals surface area contributed by atoms with Crippen LogP contribution in [0, 0.1) is 0 Å². The molecule has 1 unspecified atom stereocenters. The Labute approximate surface area is 147 Å². The minimum Gasteiger partial charge on any atom is -0.334 e. The number of nitrogens with zero attached hydrogens (tertiary/aromatic N) is 2. The van der Waals surface area contributed by atoms with Gasteiger partial charge in [-0.1, -0.05) is 29.8 Å². The van der Waals surface area contributed by atoms with Crippen molar-refractivity contribution in [2.45, 2.75) is 19.0 Å². The molecule has 8 heteroatoms. The molecular formula is C16H22ClN3O3S. The molecule has 3 rings (SSSR count). The van der Waals surface area contributed by atoms with E-state index in [9.17, 15) is 13.2 Å². The monoisotopic (exact) mass is 371 g/mol. The van der Waals surface area contributed by atoms with Crippen molar-refractivity contribution in [3.63, 3.8) is 0 Å². The van der Waals surface area contributed by atoms with E-state index in [4.69, 9.17) is 11.6 Å². The molecule has 2 heterocycles. The largest absolute Gasteiger partial charge is 0.334 e. The molecule has 1 aromatic carbocycles. The standard InChI is InChI=1S/C16H22ClN3O3S/c17-15-4-2-1-3-13(15)11-19-6-8-20(9-7-19)16(21)18-14-5-10-24(22,23)12-14/h1-4,14H,5-12H2,(H,18,21). The van der Waals surface area contributed by atoms with Gasteiger partial charge >= 0.3 is 6.03 Å². The van der Waals surface area contributed by atoms with E-state index in [-0.39, 0.29) is 23.6 Å². The molecule has 0 spiro atoms. The van der Waals surface area contributed by atoms with Crippen LogP contribution < -0.4 is 5.32 Å². The normalized spacial score (nSPS) is 24.0. The molecule has 2 saturated heterocycles. The van der Waals surface area contributed by atoms with E-state index in [0.717, 1.165) is 30.2 Å². The Hall–Kier alpha value is -1.31. The van der Waals surface area contributed by atoms with Crippen LogP contribution in [0.15, 0.2) is 24.3 Å². The maximum atomic E-state index is 12.3. The Kier molecular flexibility index (Phi) is 5.32. The SMILES string of the molecule is O=C(NC1CCS(=O)(=O)C1)N1CCN(Cc2ccccc2Cl)CC1. The highest BCUT2D eigenvalue weighted by molar-refractivity contribution is 7.91. The number of nitrogens with one attached hydrogen (secondary N) is 1. The Balaban J connectivity index is 1.46. The third-order valence-electron chi connectivity index (χ3n) is 4.57. The highest BCUT2D eigenvalue weighted by atomic mass is 35.5. The Morgan fingerprint density at radius 2 is 1.92 bits per heavy atom. The molecule has 0 bridgehead atoms. The molecule has 2 fully saturated rings. The number of hydrogen-bond acceptors (Lipinski definition) is 4. The molecule has 2 aliphatic rings. The number of hydrogen-bond donors (Lipinski definition) is 1. The van der Waals surface area contributed by atoms with Crippen LogP contribution in [0.25, 0.3) is 0 Å². The summed E-state index contributed by atoms with van der Waals surface area (Å²) in [5.74, 6) is 0.231. The topological polar surface area (TPSA) is 69.7 Å². The van der Waals surface area contributed by atoms with Crippen LogP contribution >= 0.6 is 11.6 Å². The molecule has 132 valence electrons. The third kappa shape index (κ3) is 4.40. The second-order valence-electron chi connectivity index (χ2n) is 6.40. The molecule has 2 amide bonds. The number of benzene rings is 1. The maximum absolute atomic E-state index is 12.3. The minimum atomic E-state index is -2.97. The van der Waals surface area contributed by atoms with Crippen LogP contribution in [0.3, 0.4) is 0 Å². The molecule has 1 aromatic rings. The Bertz CT molecular complexity index is 702. The van der Waals surface area contributed by atoms with E-state index < -0.39 is 9.84 Å². The number of amides is 2. The average molecular weight is 372 g/mol. The summed E-state index contributed by atoms with van der Waals surface area (Å²) in [6.07, 6.45) is 0.514. The first kappa shape index (κ1) is 17.5. The van der Waals surface area contributed by atoms with Gasteiger partial charge in [0.1, 0.15) is 0 Å². The maximum Gasteiger partial charge on any atom is 0.317 e. The van der Waals surface area contributed by atoms with Gasteiger partial charge in [-0.25, -0.2) is 13.2 Å². The van der Waals surface area contributed by atoms with Gasteiger partial charge in [-0.2, -0.15) is 0 Å². The van der Waals surface area contributed by atoms with Gasteiger partial charge < -0.3 is 10.2 Å². The van der Waals surface area contributed by atoms with Crippen LogP contribution in [0.1, 0.15) is 12.0 Å². The molecule has 2 aliphatic heterocycles. The first-order valence-electron chi connectivity index (χ1n) is 8.14. The summed E-state index contributed by atoms with van der Waals surface area (Å²) < 4.78 is 22.9. The van der Waals surface area contributed by atoms with Gasteiger partial charge in [0.15, 0.2) is 9.84 Å². The van der Waals surface area contributed by atoms with Crippen LogP contribution in [0.4, 0.5) is 4.79 Å². The van der Waals surface area contributed by atoms with Gasteiger partial charge in [0.25, 0.3) is 0 Å². The molecule has 0 aliphatic carbocycles. The zero-order chi connectivity index (χ0) is 17.2. The third-order valence-corrected chi connectivity index (χ3v) is 6.71. The number of sulfone groups is 1. The summed E-state index contributed by atoms with van der Waals surface area (Å²) in [5, 5.41) is 3.61. The zero-order valence-corrected chi connectivity index (χ0v) is 15.0. The van der Waals surface area contributed by atoms with Gasteiger partial charge in [0.05, 0.1) is 11.5 Å². The quantitative estimate of drug-likeness (QED) is 0.870. The summed E-state index contributed by atoms with van der Waals surface area (Å²) in [4.78, 5) is 16.3. The zero-order valence-electron chi connectivity index (χ0n) is 13.4. The van der Waals surface area contributed by atoms with Gasteiger partial charge in [0.2, 0.25) is 0 Å². The van der Waals surface area contributed by atoms with E-state index in [1.54, 1.807) is 4.90 Å². The van der Waals surface area contributed by atoms with Crippen molar-refractivity contribution in [3.8, 4) is 0 Å². The molecule has 1 N–H and O–H groups in total. The van der Waals surface area contributed by atoms with Crippen LogP contribution in [0.2, 0.25) is 5.02 Å². The summed E-state index contributed by atoms with van der Waals surface area (Å²) >= 11 is 6.19. The molecule has 0 radical (unpaired) electrons. The molecular weight excluding hydrogens is 350 g/mol. The van der Waals surface area contributed by atoms with Crippen molar-refractivity contribution in [2.75, 3.05) is 37.7 Å². The second-order valence-corrected chi connectivity index (χ2v) is 9.04. The lowest BCUT2D eigenvalue weighted by Crippen LogP contribution is -2.53. The van der Waals surface area contributed by atoms with Crippen molar-refractivity contribution in [3.05, 3.63) is 34.9 Å². The van der Waals surface area contributed by atoms with Crippen molar-refractivity contribution in [2.24, 2.45) is 0 Å². The fourth-order valence-electron chi connectivity index (χ4n) is 3.15.